The van der Waals surface area contributed by atoms with Gasteiger partial charge in [-0.2, -0.15) is 18.4 Å². The van der Waals surface area contributed by atoms with Crippen LogP contribution in [0.15, 0.2) is 72.9 Å². The SMILES string of the molecule is CCC(Cc1cccc(CCNC(=O)N[C@@H](Cc2ccccc2)B(O)O)c1)C(C#N)c1ccc(C(F)(F)F)cn1. The first-order valence-electron chi connectivity index (χ1n) is 13.1. The summed E-state index contributed by atoms with van der Waals surface area (Å²) < 4.78 is 38.7. The van der Waals surface area contributed by atoms with Crippen LogP contribution in [-0.4, -0.2) is 40.7 Å². The molecule has 210 valence electrons. The minimum Gasteiger partial charge on any atom is -0.426 e. The zero-order valence-corrected chi connectivity index (χ0v) is 22.1. The predicted octanol–water partition coefficient (Wildman–Crippen LogP) is 4.44. The zero-order chi connectivity index (χ0) is 29.1. The van der Waals surface area contributed by atoms with Crippen molar-refractivity contribution in [1.29, 1.82) is 5.26 Å². The maximum Gasteiger partial charge on any atom is 0.475 e. The summed E-state index contributed by atoms with van der Waals surface area (Å²) in [6, 6.07) is 20.8. The van der Waals surface area contributed by atoms with Crippen molar-refractivity contribution in [2.24, 2.45) is 5.92 Å². The molecule has 3 atom stereocenters. The number of hydrogen-bond acceptors (Lipinski definition) is 5. The monoisotopic (exact) mass is 552 g/mol. The zero-order valence-electron chi connectivity index (χ0n) is 22.1. The van der Waals surface area contributed by atoms with Gasteiger partial charge in [0.2, 0.25) is 0 Å². The molecule has 0 spiro atoms. The van der Waals surface area contributed by atoms with E-state index in [2.05, 4.69) is 21.7 Å². The fourth-order valence-electron chi connectivity index (χ4n) is 4.52. The number of halogens is 3. The molecular weight excluding hydrogens is 520 g/mol. The van der Waals surface area contributed by atoms with Crippen LogP contribution in [0.1, 0.15) is 47.2 Å². The van der Waals surface area contributed by atoms with E-state index in [0.29, 0.717) is 31.5 Å². The molecule has 40 heavy (non-hydrogen) atoms. The number of nitrogens with one attached hydrogen (secondary N) is 2. The molecule has 2 amide bonds. The molecule has 7 nitrogen and oxygen atoms in total. The number of nitrogens with zero attached hydrogens (tertiary/aromatic N) is 2. The molecular formula is C29H32BF3N4O3. The van der Waals surface area contributed by atoms with Gasteiger partial charge in [-0.15, -0.1) is 0 Å². The number of carbonyl (C=O) groups is 1. The summed E-state index contributed by atoms with van der Waals surface area (Å²) in [6.45, 7) is 2.24. The number of carbonyl (C=O) groups excluding carboxylic acids is 1. The highest BCUT2D eigenvalue weighted by molar-refractivity contribution is 6.43. The van der Waals surface area contributed by atoms with Crippen LogP contribution >= 0.6 is 0 Å². The van der Waals surface area contributed by atoms with E-state index >= 15 is 0 Å². The molecule has 2 unspecified atom stereocenters. The summed E-state index contributed by atoms with van der Waals surface area (Å²) in [5.74, 6) is -1.68. The van der Waals surface area contributed by atoms with Gasteiger partial charge in [0, 0.05) is 12.7 Å². The molecule has 0 bridgehead atoms. The summed E-state index contributed by atoms with van der Waals surface area (Å²) in [4.78, 5) is 16.3. The Hall–Kier alpha value is -3.88. The van der Waals surface area contributed by atoms with Gasteiger partial charge < -0.3 is 20.7 Å². The smallest absolute Gasteiger partial charge is 0.426 e. The van der Waals surface area contributed by atoms with E-state index in [1.54, 1.807) is 0 Å². The Labute approximate surface area is 232 Å². The summed E-state index contributed by atoms with van der Waals surface area (Å²) in [5, 5.41) is 34.5. The van der Waals surface area contributed by atoms with E-state index in [4.69, 9.17) is 0 Å². The van der Waals surface area contributed by atoms with Gasteiger partial charge in [-0.1, -0.05) is 67.9 Å². The second kappa shape index (κ2) is 14.5. The van der Waals surface area contributed by atoms with Crippen LogP contribution in [0.3, 0.4) is 0 Å². The standard InChI is InChI=1S/C29H32BF3N4O3/c1-2-23(25(18-34)26-12-11-24(19-36-26)29(31,32)33)16-22-10-6-9-21(15-22)13-14-35-28(38)37-27(30(39)40)17-20-7-4-3-5-8-20/h3-12,15,19,23,25,27,39-40H,2,13-14,16-17H2,1H3,(H2,35,37,38)/t23?,25?,27-/m0/s1. The van der Waals surface area contributed by atoms with Crippen molar-refractivity contribution in [3.63, 3.8) is 0 Å². The first kappa shape index (κ1) is 30.7. The molecule has 3 aromatic rings. The van der Waals surface area contributed by atoms with Crippen molar-refractivity contribution in [3.05, 3.63) is 101 Å². The van der Waals surface area contributed by atoms with Gasteiger partial charge in [-0.25, -0.2) is 4.79 Å². The molecule has 0 aliphatic rings. The van der Waals surface area contributed by atoms with E-state index in [-0.39, 0.29) is 12.3 Å². The van der Waals surface area contributed by atoms with Gasteiger partial charge in [0.25, 0.3) is 0 Å². The lowest BCUT2D eigenvalue weighted by Gasteiger charge is -2.21. The average molecular weight is 552 g/mol. The molecule has 1 heterocycles. The second-order valence-electron chi connectivity index (χ2n) is 9.63. The predicted molar refractivity (Wildman–Crippen MR) is 146 cm³/mol. The second-order valence-corrected chi connectivity index (χ2v) is 9.63. The summed E-state index contributed by atoms with van der Waals surface area (Å²) in [5.41, 5.74) is 2.24. The van der Waals surface area contributed by atoms with E-state index in [0.717, 1.165) is 29.0 Å². The van der Waals surface area contributed by atoms with Crippen LogP contribution in [0.4, 0.5) is 18.0 Å². The van der Waals surface area contributed by atoms with Crippen LogP contribution in [-0.2, 0) is 25.4 Å². The number of pyridine rings is 1. The van der Waals surface area contributed by atoms with Gasteiger partial charge in [0.15, 0.2) is 0 Å². The van der Waals surface area contributed by atoms with Gasteiger partial charge in [0.05, 0.1) is 29.2 Å². The normalized spacial score (nSPS) is 13.5. The molecule has 1 aromatic heterocycles. The quantitative estimate of drug-likeness (QED) is 0.248. The largest absolute Gasteiger partial charge is 0.475 e. The van der Waals surface area contributed by atoms with Crippen molar-refractivity contribution >= 4 is 13.1 Å². The van der Waals surface area contributed by atoms with E-state index < -0.39 is 36.7 Å². The third kappa shape index (κ3) is 9.11. The molecule has 0 fully saturated rings. The number of rotatable bonds is 12. The highest BCUT2D eigenvalue weighted by Crippen LogP contribution is 2.32. The highest BCUT2D eigenvalue weighted by atomic mass is 19.4. The maximum atomic E-state index is 12.9. The van der Waals surface area contributed by atoms with Crippen LogP contribution in [0.5, 0.6) is 0 Å². The molecule has 3 rings (SSSR count). The van der Waals surface area contributed by atoms with Crippen LogP contribution in [0.2, 0.25) is 0 Å². The minimum absolute atomic E-state index is 0.153. The molecule has 0 aliphatic carbocycles. The summed E-state index contributed by atoms with van der Waals surface area (Å²) in [6.07, 6.45) is -1.77. The highest BCUT2D eigenvalue weighted by Gasteiger charge is 2.32. The number of alkyl halides is 3. The van der Waals surface area contributed by atoms with Gasteiger partial charge in [0.1, 0.15) is 0 Å². The number of benzene rings is 2. The number of amides is 2. The van der Waals surface area contributed by atoms with Crippen molar-refractivity contribution in [2.45, 2.75) is 50.6 Å². The topological polar surface area (TPSA) is 118 Å². The minimum atomic E-state index is -4.49. The third-order valence-electron chi connectivity index (χ3n) is 6.73. The third-order valence-corrected chi connectivity index (χ3v) is 6.73. The first-order valence-corrected chi connectivity index (χ1v) is 13.1. The number of nitriles is 1. The Morgan fingerprint density at radius 3 is 2.33 bits per heavy atom. The van der Waals surface area contributed by atoms with E-state index in [1.165, 1.54) is 6.07 Å². The average Bonchev–Trinajstić information content (AvgIpc) is 2.93. The Bertz CT molecular complexity index is 1270. The van der Waals surface area contributed by atoms with Crippen molar-refractivity contribution in [1.82, 2.24) is 15.6 Å². The lowest BCUT2D eigenvalue weighted by molar-refractivity contribution is -0.137. The van der Waals surface area contributed by atoms with Crippen LogP contribution in [0.25, 0.3) is 0 Å². The van der Waals surface area contributed by atoms with Gasteiger partial charge in [-0.3, -0.25) is 4.98 Å². The van der Waals surface area contributed by atoms with Gasteiger partial charge >= 0.3 is 19.3 Å². The van der Waals surface area contributed by atoms with E-state index in [1.807, 2.05) is 61.5 Å². The molecule has 2 aromatic carbocycles. The number of hydrogen-bond donors (Lipinski definition) is 4. The number of aromatic nitrogens is 1. The lowest BCUT2D eigenvalue weighted by atomic mass is 9.76. The fraction of sp³-hybridized carbons (Fsp3) is 0.345. The van der Waals surface area contributed by atoms with Crippen LogP contribution in [0, 0.1) is 17.2 Å². The van der Waals surface area contributed by atoms with Crippen molar-refractivity contribution in [2.75, 3.05) is 6.54 Å². The lowest BCUT2D eigenvalue weighted by Crippen LogP contribution is -2.51. The molecule has 11 heteroatoms. The van der Waals surface area contributed by atoms with Crippen molar-refractivity contribution < 1.29 is 28.0 Å². The summed E-state index contributed by atoms with van der Waals surface area (Å²) >= 11 is 0. The molecule has 0 saturated heterocycles. The fourth-order valence-corrected chi connectivity index (χ4v) is 4.52. The van der Waals surface area contributed by atoms with Crippen molar-refractivity contribution in [3.8, 4) is 6.07 Å². The molecule has 4 N–H and O–H groups in total. The summed E-state index contributed by atoms with van der Waals surface area (Å²) in [7, 11) is -1.72. The first-order chi connectivity index (χ1) is 19.1. The molecule has 0 saturated carbocycles. The Balaban J connectivity index is 1.56. The van der Waals surface area contributed by atoms with Gasteiger partial charge in [-0.05, 0) is 54.0 Å². The maximum absolute atomic E-state index is 12.9. The van der Waals surface area contributed by atoms with Crippen LogP contribution < -0.4 is 10.6 Å². The Morgan fingerprint density at radius 1 is 1.02 bits per heavy atom. The Kier molecular flexibility index (Phi) is 11.1. The molecule has 0 aliphatic heterocycles. The molecule has 0 radical (unpaired) electrons. The Morgan fingerprint density at radius 2 is 1.73 bits per heavy atom. The van der Waals surface area contributed by atoms with E-state index in [9.17, 15) is 33.3 Å². The number of urea groups is 1.